The minimum atomic E-state index is -4.34. The van der Waals surface area contributed by atoms with E-state index in [1.54, 1.807) is 6.26 Å². The second-order valence-electron chi connectivity index (χ2n) is 5.65. The van der Waals surface area contributed by atoms with Crippen LogP contribution in [0.3, 0.4) is 0 Å². The van der Waals surface area contributed by atoms with E-state index in [1.807, 2.05) is 22.4 Å². The molecule has 0 amide bonds. The molecule has 7 heteroatoms. The number of halogens is 3. The SMILES string of the molecule is C#CCN(Cc1csc(-c2ccc(C(F)(F)F)cc2)n1)Cc1ccco1. The van der Waals surface area contributed by atoms with Crippen LogP contribution in [0.5, 0.6) is 0 Å². The van der Waals surface area contributed by atoms with E-state index in [1.165, 1.54) is 23.5 Å². The average molecular weight is 376 g/mol. The Kier molecular flexibility index (Phi) is 5.45. The number of nitrogens with zero attached hydrogens (tertiary/aromatic N) is 2. The number of benzene rings is 1. The minimum absolute atomic E-state index is 0.438. The molecule has 1 aromatic carbocycles. The molecule has 0 spiro atoms. The summed E-state index contributed by atoms with van der Waals surface area (Å²) in [6.45, 7) is 1.53. The first kappa shape index (κ1) is 18.2. The van der Waals surface area contributed by atoms with Crippen molar-refractivity contribution in [2.45, 2.75) is 19.3 Å². The molecule has 0 unspecified atom stereocenters. The van der Waals surface area contributed by atoms with Crippen molar-refractivity contribution in [3.8, 4) is 22.9 Å². The summed E-state index contributed by atoms with van der Waals surface area (Å²) in [5.41, 5.74) is 0.798. The fourth-order valence-corrected chi connectivity index (χ4v) is 3.28. The standard InChI is InChI=1S/C19H15F3N2OS/c1-2-9-24(12-17-4-3-10-25-17)11-16-13-26-18(23-16)14-5-7-15(8-6-14)19(20,21)22/h1,3-8,10,13H,9,11-12H2. The lowest BCUT2D eigenvalue weighted by Crippen LogP contribution is -2.23. The molecule has 0 saturated heterocycles. The Bertz CT molecular complexity index is 877. The van der Waals surface area contributed by atoms with Crippen molar-refractivity contribution in [2.75, 3.05) is 6.54 Å². The van der Waals surface area contributed by atoms with Gasteiger partial charge in [0, 0.05) is 17.5 Å². The number of hydrogen-bond acceptors (Lipinski definition) is 4. The quantitative estimate of drug-likeness (QED) is 0.564. The van der Waals surface area contributed by atoms with Crippen LogP contribution in [0.25, 0.3) is 10.6 Å². The van der Waals surface area contributed by atoms with E-state index < -0.39 is 11.7 Å². The van der Waals surface area contributed by atoms with E-state index in [9.17, 15) is 13.2 Å². The third-order valence-electron chi connectivity index (χ3n) is 3.67. The largest absolute Gasteiger partial charge is 0.468 e. The molecule has 3 aromatic rings. The molecule has 0 aliphatic heterocycles. The number of terminal acetylenes is 1. The molecule has 2 heterocycles. The summed E-state index contributed by atoms with van der Waals surface area (Å²) < 4.78 is 43.3. The normalized spacial score (nSPS) is 11.7. The van der Waals surface area contributed by atoms with Gasteiger partial charge in [-0.15, -0.1) is 17.8 Å². The van der Waals surface area contributed by atoms with Crippen molar-refractivity contribution in [3.63, 3.8) is 0 Å². The average Bonchev–Trinajstić information content (AvgIpc) is 3.26. The zero-order valence-electron chi connectivity index (χ0n) is 13.7. The highest BCUT2D eigenvalue weighted by Crippen LogP contribution is 2.31. The molecular weight excluding hydrogens is 361 g/mol. The number of hydrogen-bond donors (Lipinski definition) is 0. The molecule has 26 heavy (non-hydrogen) atoms. The van der Waals surface area contributed by atoms with E-state index in [0.717, 1.165) is 23.6 Å². The van der Waals surface area contributed by atoms with Crippen LogP contribution in [-0.2, 0) is 19.3 Å². The minimum Gasteiger partial charge on any atom is -0.468 e. The van der Waals surface area contributed by atoms with E-state index >= 15 is 0 Å². The summed E-state index contributed by atoms with van der Waals surface area (Å²) in [5, 5.41) is 2.56. The fourth-order valence-electron chi connectivity index (χ4n) is 2.46. The summed E-state index contributed by atoms with van der Waals surface area (Å²) in [5.74, 6) is 3.42. The van der Waals surface area contributed by atoms with Crippen LogP contribution in [0.4, 0.5) is 13.2 Å². The maximum Gasteiger partial charge on any atom is 0.416 e. The smallest absolute Gasteiger partial charge is 0.416 e. The summed E-state index contributed by atoms with van der Waals surface area (Å²) in [6, 6.07) is 8.70. The lowest BCUT2D eigenvalue weighted by molar-refractivity contribution is -0.137. The summed E-state index contributed by atoms with van der Waals surface area (Å²) in [4.78, 5) is 6.52. The fraction of sp³-hybridized carbons (Fsp3) is 0.211. The predicted octanol–water partition coefficient (Wildman–Crippen LogP) is 5.06. The van der Waals surface area contributed by atoms with Crippen LogP contribution in [0.2, 0.25) is 0 Å². The van der Waals surface area contributed by atoms with Crippen molar-refractivity contribution in [3.05, 3.63) is 65.1 Å². The van der Waals surface area contributed by atoms with Crippen molar-refractivity contribution >= 4 is 11.3 Å². The molecule has 0 atom stereocenters. The maximum atomic E-state index is 12.7. The van der Waals surface area contributed by atoms with Gasteiger partial charge in [0.2, 0.25) is 0 Å². The van der Waals surface area contributed by atoms with Gasteiger partial charge in [-0.3, -0.25) is 4.90 Å². The molecular formula is C19H15F3N2OS. The molecule has 3 rings (SSSR count). The van der Waals surface area contributed by atoms with Crippen molar-refractivity contribution < 1.29 is 17.6 Å². The maximum absolute atomic E-state index is 12.7. The third-order valence-corrected chi connectivity index (χ3v) is 4.61. The molecule has 0 radical (unpaired) electrons. The first-order chi connectivity index (χ1) is 12.5. The summed E-state index contributed by atoms with van der Waals surface area (Å²) in [7, 11) is 0. The Balaban J connectivity index is 1.71. The predicted molar refractivity (Wildman–Crippen MR) is 94.2 cm³/mol. The van der Waals surface area contributed by atoms with Crippen molar-refractivity contribution in [1.82, 2.24) is 9.88 Å². The van der Waals surface area contributed by atoms with Gasteiger partial charge >= 0.3 is 6.18 Å². The highest BCUT2D eigenvalue weighted by atomic mass is 32.1. The molecule has 134 valence electrons. The molecule has 0 aliphatic carbocycles. The number of alkyl halides is 3. The van der Waals surface area contributed by atoms with Gasteiger partial charge in [0.05, 0.1) is 30.6 Å². The van der Waals surface area contributed by atoms with Gasteiger partial charge in [-0.1, -0.05) is 18.1 Å². The van der Waals surface area contributed by atoms with Crippen molar-refractivity contribution in [1.29, 1.82) is 0 Å². The van der Waals surface area contributed by atoms with Gasteiger partial charge < -0.3 is 4.42 Å². The summed E-state index contributed by atoms with van der Waals surface area (Å²) >= 11 is 1.39. The van der Waals surface area contributed by atoms with Gasteiger partial charge in [-0.05, 0) is 24.3 Å². The Hall–Kier alpha value is -2.56. The third kappa shape index (κ3) is 4.54. The van der Waals surface area contributed by atoms with Gasteiger partial charge in [0.25, 0.3) is 0 Å². The molecule has 0 N–H and O–H groups in total. The first-order valence-electron chi connectivity index (χ1n) is 7.76. The molecule has 3 nitrogen and oxygen atoms in total. The monoisotopic (exact) mass is 376 g/mol. The number of rotatable bonds is 6. The van der Waals surface area contributed by atoms with Crippen LogP contribution in [0.15, 0.2) is 52.5 Å². The second kappa shape index (κ2) is 7.77. The van der Waals surface area contributed by atoms with E-state index in [-0.39, 0.29) is 0 Å². The molecule has 2 aromatic heterocycles. The lowest BCUT2D eigenvalue weighted by Gasteiger charge is -2.16. The van der Waals surface area contributed by atoms with Gasteiger partial charge in [0.1, 0.15) is 10.8 Å². The van der Waals surface area contributed by atoms with Crippen LogP contribution in [0, 0.1) is 12.3 Å². The molecule has 0 saturated carbocycles. The first-order valence-corrected chi connectivity index (χ1v) is 8.64. The van der Waals surface area contributed by atoms with E-state index in [2.05, 4.69) is 10.9 Å². The van der Waals surface area contributed by atoms with Crippen LogP contribution < -0.4 is 0 Å². The number of aromatic nitrogens is 1. The van der Waals surface area contributed by atoms with E-state index in [4.69, 9.17) is 10.8 Å². The Morgan fingerprint density at radius 1 is 1.15 bits per heavy atom. The van der Waals surface area contributed by atoms with Gasteiger partial charge in [0.15, 0.2) is 0 Å². The highest BCUT2D eigenvalue weighted by molar-refractivity contribution is 7.13. The highest BCUT2D eigenvalue weighted by Gasteiger charge is 2.30. The van der Waals surface area contributed by atoms with E-state index in [0.29, 0.717) is 30.2 Å². The number of furan rings is 1. The Labute approximate surface area is 153 Å². The zero-order chi connectivity index (χ0) is 18.6. The molecule has 0 bridgehead atoms. The second-order valence-corrected chi connectivity index (χ2v) is 6.51. The lowest BCUT2D eigenvalue weighted by atomic mass is 10.1. The van der Waals surface area contributed by atoms with Crippen LogP contribution in [-0.4, -0.2) is 16.4 Å². The Morgan fingerprint density at radius 2 is 1.92 bits per heavy atom. The van der Waals surface area contributed by atoms with Gasteiger partial charge in [-0.2, -0.15) is 13.2 Å². The Morgan fingerprint density at radius 3 is 2.54 bits per heavy atom. The molecule has 0 aliphatic rings. The van der Waals surface area contributed by atoms with Crippen molar-refractivity contribution in [2.24, 2.45) is 0 Å². The number of thiazole rings is 1. The zero-order valence-corrected chi connectivity index (χ0v) is 14.5. The van der Waals surface area contributed by atoms with Gasteiger partial charge in [-0.25, -0.2) is 4.98 Å². The van der Waals surface area contributed by atoms with Crippen LogP contribution >= 0.6 is 11.3 Å². The molecule has 0 fully saturated rings. The summed E-state index contributed by atoms with van der Waals surface area (Å²) in [6.07, 6.45) is 2.69. The van der Waals surface area contributed by atoms with Crippen LogP contribution in [0.1, 0.15) is 17.0 Å². The topological polar surface area (TPSA) is 29.3 Å².